The molecule has 142 valence electrons. The smallest absolute Gasteiger partial charge is 0.223 e. The summed E-state index contributed by atoms with van der Waals surface area (Å²) < 4.78 is 0. The number of nitrogens with zero attached hydrogens (tertiary/aromatic N) is 2. The van der Waals surface area contributed by atoms with E-state index < -0.39 is 0 Å². The number of carbonyl (C=O) groups excluding carboxylic acids is 1. The molecular weight excluding hydrogens is 356 g/mol. The van der Waals surface area contributed by atoms with Gasteiger partial charge in [-0.3, -0.25) is 4.79 Å². The highest BCUT2D eigenvalue weighted by Gasteiger charge is 2.28. The molecule has 6 heteroatoms. The van der Waals surface area contributed by atoms with Gasteiger partial charge in [-0.05, 0) is 42.8 Å². The van der Waals surface area contributed by atoms with Gasteiger partial charge in [-0.15, -0.1) is 11.3 Å². The summed E-state index contributed by atoms with van der Waals surface area (Å²) in [5, 5.41) is 5.38. The third-order valence-electron chi connectivity index (χ3n) is 5.32. The quantitative estimate of drug-likeness (QED) is 0.660. The number of hydrogen-bond acceptors (Lipinski definition) is 4. The van der Waals surface area contributed by atoms with Gasteiger partial charge in [0.1, 0.15) is 0 Å². The van der Waals surface area contributed by atoms with Crippen LogP contribution in [0.25, 0.3) is 11.0 Å². The Morgan fingerprint density at radius 1 is 1.30 bits per heavy atom. The average Bonchev–Trinajstić information content (AvgIpc) is 3.37. The largest absolute Gasteiger partial charge is 0.348 e. The number of nitrogens with one attached hydrogen (secondary N) is 2. The Bertz CT molecular complexity index is 848. The maximum Gasteiger partial charge on any atom is 0.223 e. The van der Waals surface area contributed by atoms with Crippen molar-refractivity contribution in [2.45, 2.75) is 38.6 Å². The normalized spacial score (nSPS) is 16.6. The number of amides is 1. The highest BCUT2D eigenvalue weighted by Crippen LogP contribution is 2.27. The van der Waals surface area contributed by atoms with Crippen LogP contribution >= 0.6 is 11.3 Å². The first-order valence-electron chi connectivity index (χ1n) is 9.78. The van der Waals surface area contributed by atoms with Crippen molar-refractivity contribution in [3.8, 4) is 0 Å². The predicted octanol–water partition coefficient (Wildman–Crippen LogP) is 4.50. The lowest BCUT2D eigenvalue weighted by atomic mass is 9.95. The Morgan fingerprint density at radius 2 is 2.11 bits per heavy atom. The minimum absolute atomic E-state index is 0.0879. The van der Waals surface area contributed by atoms with Gasteiger partial charge in [0.05, 0.1) is 17.1 Å². The zero-order chi connectivity index (χ0) is 18.6. The number of para-hydroxylation sites is 2. The molecule has 0 bridgehead atoms. The van der Waals surface area contributed by atoms with Crippen LogP contribution in [-0.4, -0.2) is 29.0 Å². The number of hydrogen-bond donors (Lipinski definition) is 2. The van der Waals surface area contributed by atoms with E-state index in [9.17, 15) is 4.79 Å². The zero-order valence-electron chi connectivity index (χ0n) is 15.6. The topological polar surface area (TPSA) is 61.0 Å². The first-order chi connectivity index (χ1) is 13.2. The highest BCUT2D eigenvalue weighted by molar-refractivity contribution is 7.10. The molecule has 0 radical (unpaired) electrons. The van der Waals surface area contributed by atoms with Crippen molar-refractivity contribution in [2.75, 3.05) is 18.0 Å². The maximum absolute atomic E-state index is 12.8. The first kappa shape index (κ1) is 18.0. The minimum Gasteiger partial charge on any atom is -0.348 e. The van der Waals surface area contributed by atoms with Crippen LogP contribution in [-0.2, 0) is 4.79 Å². The number of H-pyrrole nitrogens is 1. The van der Waals surface area contributed by atoms with Crippen LogP contribution in [0.5, 0.6) is 0 Å². The first-order valence-corrected chi connectivity index (χ1v) is 10.7. The van der Waals surface area contributed by atoms with E-state index in [0.29, 0.717) is 0 Å². The SMILES string of the molecule is CCC[C@H](NC(=O)C1CCN(c2nc3ccccc3[nH]2)CC1)c1cccs1. The van der Waals surface area contributed by atoms with Crippen molar-refractivity contribution < 1.29 is 4.79 Å². The number of imidazole rings is 1. The molecule has 3 aromatic rings. The molecule has 4 rings (SSSR count). The summed E-state index contributed by atoms with van der Waals surface area (Å²) in [6.45, 7) is 3.88. The standard InChI is InChI=1S/C21H26N4OS/c1-2-6-18(19-9-5-14-27-19)22-20(26)15-10-12-25(13-11-15)21-23-16-7-3-4-8-17(16)24-21/h3-5,7-9,14-15,18H,2,6,10-13H2,1H3,(H,22,26)(H,23,24)/t18-/m0/s1. The van der Waals surface area contributed by atoms with Crippen LogP contribution in [0.4, 0.5) is 5.95 Å². The molecule has 0 spiro atoms. The van der Waals surface area contributed by atoms with Crippen LogP contribution in [0, 0.1) is 5.92 Å². The predicted molar refractivity (Wildman–Crippen MR) is 111 cm³/mol. The second-order valence-corrected chi connectivity index (χ2v) is 8.18. The van der Waals surface area contributed by atoms with Gasteiger partial charge in [0, 0.05) is 23.9 Å². The molecule has 2 N–H and O–H groups in total. The number of rotatable bonds is 6. The number of benzene rings is 1. The molecular formula is C21H26N4OS. The maximum atomic E-state index is 12.8. The van der Waals surface area contributed by atoms with Gasteiger partial charge in [-0.2, -0.15) is 0 Å². The third kappa shape index (κ3) is 4.00. The number of aromatic nitrogens is 2. The molecule has 1 aromatic carbocycles. The Labute approximate surface area is 163 Å². The molecule has 1 aliphatic heterocycles. The second-order valence-electron chi connectivity index (χ2n) is 7.20. The monoisotopic (exact) mass is 382 g/mol. The molecule has 0 aliphatic carbocycles. The zero-order valence-corrected chi connectivity index (χ0v) is 16.5. The Hall–Kier alpha value is -2.34. The number of piperidine rings is 1. The summed E-state index contributed by atoms with van der Waals surface area (Å²) in [5.74, 6) is 1.20. The molecule has 1 amide bonds. The average molecular weight is 383 g/mol. The molecule has 27 heavy (non-hydrogen) atoms. The number of thiophene rings is 1. The third-order valence-corrected chi connectivity index (χ3v) is 6.31. The van der Waals surface area contributed by atoms with Crippen molar-refractivity contribution in [2.24, 2.45) is 5.92 Å². The number of fused-ring (bicyclic) bond motifs is 1. The summed E-state index contributed by atoms with van der Waals surface area (Å²) >= 11 is 1.72. The van der Waals surface area contributed by atoms with Gasteiger partial charge in [-0.1, -0.05) is 31.5 Å². The molecule has 1 atom stereocenters. The van der Waals surface area contributed by atoms with Crippen molar-refractivity contribution >= 4 is 34.2 Å². The second kappa shape index (κ2) is 8.13. The van der Waals surface area contributed by atoms with Gasteiger partial charge in [0.25, 0.3) is 0 Å². The minimum atomic E-state index is 0.0879. The molecule has 3 heterocycles. The van der Waals surface area contributed by atoms with E-state index in [1.165, 1.54) is 4.88 Å². The summed E-state index contributed by atoms with van der Waals surface area (Å²) in [7, 11) is 0. The van der Waals surface area contributed by atoms with Crippen LogP contribution in [0.1, 0.15) is 43.5 Å². The lowest BCUT2D eigenvalue weighted by Gasteiger charge is -2.32. The molecule has 1 saturated heterocycles. The summed E-state index contributed by atoms with van der Waals surface area (Å²) in [4.78, 5) is 24.4. The van der Waals surface area contributed by atoms with E-state index in [-0.39, 0.29) is 17.9 Å². The van der Waals surface area contributed by atoms with Crippen molar-refractivity contribution in [3.05, 3.63) is 46.7 Å². The van der Waals surface area contributed by atoms with E-state index >= 15 is 0 Å². The fraction of sp³-hybridized carbons (Fsp3) is 0.429. The van der Waals surface area contributed by atoms with Gasteiger partial charge < -0.3 is 15.2 Å². The Kier molecular flexibility index (Phi) is 5.43. The van der Waals surface area contributed by atoms with E-state index in [1.807, 2.05) is 24.3 Å². The molecule has 1 aliphatic rings. The fourth-order valence-electron chi connectivity index (χ4n) is 3.80. The van der Waals surface area contributed by atoms with Gasteiger partial charge >= 0.3 is 0 Å². The summed E-state index contributed by atoms with van der Waals surface area (Å²) in [5.41, 5.74) is 2.05. The molecule has 0 unspecified atom stereocenters. The number of carbonyl (C=O) groups is 1. The molecule has 1 fully saturated rings. The van der Waals surface area contributed by atoms with E-state index in [4.69, 9.17) is 0 Å². The lowest BCUT2D eigenvalue weighted by Crippen LogP contribution is -2.41. The molecule has 5 nitrogen and oxygen atoms in total. The number of anilines is 1. The fourth-order valence-corrected chi connectivity index (χ4v) is 4.61. The van der Waals surface area contributed by atoms with Crippen LogP contribution in [0.15, 0.2) is 41.8 Å². The molecule has 2 aromatic heterocycles. The van der Waals surface area contributed by atoms with Gasteiger partial charge in [0.2, 0.25) is 11.9 Å². The number of aromatic amines is 1. The van der Waals surface area contributed by atoms with Crippen LogP contribution in [0.3, 0.4) is 0 Å². The molecule has 0 saturated carbocycles. The summed E-state index contributed by atoms with van der Waals surface area (Å²) in [6.07, 6.45) is 3.79. The van der Waals surface area contributed by atoms with Crippen molar-refractivity contribution in [1.29, 1.82) is 0 Å². The van der Waals surface area contributed by atoms with Gasteiger partial charge in [-0.25, -0.2) is 4.98 Å². The van der Waals surface area contributed by atoms with E-state index in [2.05, 4.69) is 44.6 Å². The lowest BCUT2D eigenvalue weighted by molar-refractivity contribution is -0.126. The Morgan fingerprint density at radius 3 is 2.81 bits per heavy atom. The summed E-state index contributed by atoms with van der Waals surface area (Å²) in [6, 6.07) is 12.4. The van der Waals surface area contributed by atoms with Crippen molar-refractivity contribution in [1.82, 2.24) is 15.3 Å². The highest BCUT2D eigenvalue weighted by atomic mass is 32.1. The van der Waals surface area contributed by atoms with Gasteiger partial charge in [0.15, 0.2) is 0 Å². The van der Waals surface area contributed by atoms with Crippen LogP contribution < -0.4 is 10.2 Å². The van der Waals surface area contributed by atoms with Crippen molar-refractivity contribution in [3.63, 3.8) is 0 Å². The Balaban J connectivity index is 1.36. The van der Waals surface area contributed by atoms with E-state index in [0.717, 1.165) is 55.8 Å². The van der Waals surface area contributed by atoms with E-state index in [1.54, 1.807) is 11.3 Å². The van der Waals surface area contributed by atoms with Crippen LogP contribution in [0.2, 0.25) is 0 Å².